The number of aromatic nitrogens is 2. The first-order chi connectivity index (χ1) is 11.6. The molecule has 0 unspecified atom stereocenters. The topological polar surface area (TPSA) is 87.7 Å². The van der Waals surface area contributed by atoms with Gasteiger partial charge in [-0.15, -0.1) is 0 Å². The van der Waals surface area contributed by atoms with Crippen molar-refractivity contribution < 1.29 is 19.4 Å². The van der Waals surface area contributed by atoms with Crippen LogP contribution < -0.4 is 9.47 Å². The van der Waals surface area contributed by atoms with Gasteiger partial charge >= 0.3 is 5.97 Å². The highest BCUT2D eigenvalue weighted by molar-refractivity contribution is 5.76. The molecule has 0 spiro atoms. The summed E-state index contributed by atoms with van der Waals surface area (Å²) in [5.74, 6) is 0.903. The van der Waals surface area contributed by atoms with Crippen LogP contribution in [0.25, 0.3) is 0 Å². The zero-order valence-corrected chi connectivity index (χ0v) is 13.4. The van der Waals surface area contributed by atoms with E-state index in [2.05, 4.69) is 10.2 Å². The highest BCUT2D eigenvalue weighted by Gasteiger charge is 2.29. The average Bonchev–Trinajstić information content (AvgIpc) is 3.11. The van der Waals surface area contributed by atoms with Crippen molar-refractivity contribution in [1.29, 1.82) is 0 Å². The average molecular weight is 329 g/mol. The number of aromatic amines is 1. The van der Waals surface area contributed by atoms with Crippen molar-refractivity contribution in [2.75, 3.05) is 13.8 Å². The first-order valence-corrected chi connectivity index (χ1v) is 7.98. The SMILES string of the molecule is CN(Cc1cc(C2CC2)n[nH]1)[C@@H](C(=O)O)c1ccc2c(c1)OCO2. The van der Waals surface area contributed by atoms with Crippen LogP contribution in [0.15, 0.2) is 24.3 Å². The van der Waals surface area contributed by atoms with E-state index in [0.717, 1.165) is 11.4 Å². The summed E-state index contributed by atoms with van der Waals surface area (Å²) in [4.78, 5) is 13.6. The van der Waals surface area contributed by atoms with Gasteiger partial charge in [0, 0.05) is 18.2 Å². The van der Waals surface area contributed by atoms with Crippen LogP contribution in [0, 0.1) is 0 Å². The molecular weight excluding hydrogens is 310 g/mol. The first-order valence-electron chi connectivity index (χ1n) is 7.98. The van der Waals surface area contributed by atoms with Crippen molar-refractivity contribution in [1.82, 2.24) is 15.1 Å². The lowest BCUT2D eigenvalue weighted by molar-refractivity contribution is -0.143. The van der Waals surface area contributed by atoms with Crippen LogP contribution in [-0.4, -0.2) is 40.0 Å². The number of carboxylic acids is 1. The fraction of sp³-hybridized carbons (Fsp3) is 0.412. The monoisotopic (exact) mass is 329 g/mol. The number of rotatable bonds is 6. The van der Waals surface area contributed by atoms with Crippen molar-refractivity contribution in [3.8, 4) is 11.5 Å². The van der Waals surface area contributed by atoms with Gasteiger partial charge in [0.25, 0.3) is 0 Å². The minimum absolute atomic E-state index is 0.171. The number of nitrogens with zero attached hydrogens (tertiary/aromatic N) is 2. The molecule has 0 radical (unpaired) electrons. The van der Waals surface area contributed by atoms with E-state index in [1.165, 1.54) is 12.8 Å². The minimum Gasteiger partial charge on any atom is -0.480 e. The molecule has 126 valence electrons. The number of aliphatic carboxylic acids is 1. The van der Waals surface area contributed by atoms with Crippen molar-refractivity contribution in [3.63, 3.8) is 0 Å². The second-order valence-corrected chi connectivity index (χ2v) is 6.36. The van der Waals surface area contributed by atoms with Gasteiger partial charge in [0.2, 0.25) is 6.79 Å². The summed E-state index contributed by atoms with van der Waals surface area (Å²) in [5, 5.41) is 17.0. The molecule has 2 aliphatic rings. The third-order valence-electron chi connectivity index (χ3n) is 4.45. The molecule has 1 atom stereocenters. The Morgan fingerprint density at radius 2 is 2.17 bits per heavy atom. The van der Waals surface area contributed by atoms with E-state index in [0.29, 0.717) is 29.5 Å². The van der Waals surface area contributed by atoms with Gasteiger partial charge in [-0.1, -0.05) is 6.07 Å². The van der Waals surface area contributed by atoms with Crippen LogP contribution in [0.5, 0.6) is 11.5 Å². The maximum atomic E-state index is 11.8. The van der Waals surface area contributed by atoms with Gasteiger partial charge in [0.1, 0.15) is 6.04 Å². The number of hydrogen-bond donors (Lipinski definition) is 2. The van der Waals surface area contributed by atoms with Crippen LogP contribution in [0.1, 0.15) is 41.8 Å². The molecule has 2 aromatic rings. The molecule has 1 aliphatic heterocycles. The Labute approximate surface area is 139 Å². The Morgan fingerprint density at radius 3 is 2.92 bits per heavy atom. The molecule has 2 heterocycles. The van der Waals surface area contributed by atoms with Crippen LogP contribution in [-0.2, 0) is 11.3 Å². The molecule has 7 heteroatoms. The predicted octanol–water partition coefficient (Wildman–Crippen LogP) is 2.27. The summed E-state index contributed by atoms with van der Waals surface area (Å²) < 4.78 is 10.6. The number of likely N-dealkylation sites (N-methyl/N-ethyl adjacent to an activating group) is 1. The minimum atomic E-state index is -0.904. The molecule has 4 rings (SSSR count). The second kappa shape index (κ2) is 5.83. The second-order valence-electron chi connectivity index (χ2n) is 6.36. The fourth-order valence-electron chi connectivity index (χ4n) is 3.08. The Balaban J connectivity index is 1.54. The lowest BCUT2D eigenvalue weighted by Crippen LogP contribution is -2.30. The molecular formula is C17H19N3O4. The molecule has 0 bridgehead atoms. The third kappa shape index (κ3) is 2.82. The summed E-state index contributed by atoms with van der Waals surface area (Å²) in [6.45, 7) is 0.648. The number of carbonyl (C=O) groups is 1. The van der Waals surface area contributed by atoms with Gasteiger partial charge in [0.15, 0.2) is 11.5 Å². The number of benzene rings is 1. The summed E-state index contributed by atoms with van der Waals surface area (Å²) in [6, 6.07) is 6.52. The normalized spacial score (nSPS) is 17.2. The Bertz CT molecular complexity index is 769. The number of nitrogens with one attached hydrogen (secondary N) is 1. The largest absolute Gasteiger partial charge is 0.480 e. The number of ether oxygens (including phenoxy) is 2. The highest BCUT2D eigenvalue weighted by Crippen LogP contribution is 2.39. The number of carboxylic acid groups (broad SMARTS) is 1. The maximum absolute atomic E-state index is 11.8. The van der Waals surface area contributed by atoms with Crippen molar-refractivity contribution >= 4 is 5.97 Å². The molecule has 1 fully saturated rings. The van der Waals surface area contributed by atoms with Crippen LogP contribution in [0.2, 0.25) is 0 Å². The van der Waals surface area contributed by atoms with Gasteiger partial charge in [-0.05, 0) is 43.7 Å². The van der Waals surface area contributed by atoms with E-state index < -0.39 is 12.0 Å². The Morgan fingerprint density at radius 1 is 1.38 bits per heavy atom. The maximum Gasteiger partial charge on any atom is 0.325 e. The molecule has 2 N–H and O–H groups in total. The van der Waals surface area contributed by atoms with Crippen molar-refractivity contribution in [3.05, 3.63) is 41.2 Å². The molecule has 7 nitrogen and oxygen atoms in total. The zero-order chi connectivity index (χ0) is 16.7. The Kier molecular flexibility index (Phi) is 3.65. The Hall–Kier alpha value is -2.54. The summed E-state index contributed by atoms with van der Waals surface area (Å²) in [7, 11) is 1.79. The number of fused-ring (bicyclic) bond motifs is 1. The van der Waals surface area contributed by atoms with E-state index in [1.807, 2.05) is 6.07 Å². The summed E-state index contributed by atoms with van der Waals surface area (Å²) in [5.41, 5.74) is 2.66. The summed E-state index contributed by atoms with van der Waals surface area (Å²) in [6.07, 6.45) is 2.38. The lowest BCUT2D eigenvalue weighted by atomic mass is 10.0. The molecule has 1 aromatic carbocycles. The van der Waals surface area contributed by atoms with Gasteiger partial charge in [0.05, 0.1) is 5.69 Å². The molecule has 1 aliphatic carbocycles. The summed E-state index contributed by atoms with van der Waals surface area (Å²) >= 11 is 0. The van der Waals surface area contributed by atoms with E-state index >= 15 is 0 Å². The predicted molar refractivity (Wildman–Crippen MR) is 85.0 cm³/mol. The standard InChI is InChI=1S/C17H19N3O4/c1-20(8-12-7-13(19-18-12)10-2-3-10)16(17(21)22)11-4-5-14-15(6-11)24-9-23-14/h4-7,10,16H,2-3,8-9H2,1H3,(H,18,19)(H,21,22)/t16-/m1/s1. The van der Waals surface area contributed by atoms with Crippen molar-refractivity contribution in [2.45, 2.75) is 31.3 Å². The van der Waals surface area contributed by atoms with Gasteiger partial charge in [-0.2, -0.15) is 5.10 Å². The van der Waals surface area contributed by atoms with Crippen LogP contribution in [0.3, 0.4) is 0 Å². The van der Waals surface area contributed by atoms with Crippen LogP contribution in [0.4, 0.5) is 0 Å². The molecule has 0 amide bonds. The smallest absolute Gasteiger partial charge is 0.325 e. The van der Waals surface area contributed by atoms with Crippen LogP contribution >= 0.6 is 0 Å². The fourth-order valence-corrected chi connectivity index (χ4v) is 3.08. The third-order valence-corrected chi connectivity index (χ3v) is 4.45. The molecule has 0 saturated heterocycles. The quantitative estimate of drug-likeness (QED) is 0.845. The van der Waals surface area contributed by atoms with Gasteiger partial charge in [-0.25, -0.2) is 0 Å². The molecule has 24 heavy (non-hydrogen) atoms. The number of H-pyrrole nitrogens is 1. The molecule has 1 aromatic heterocycles. The zero-order valence-electron chi connectivity index (χ0n) is 13.4. The van der Waals surface area contributed by atoms with E-state index in [-0.39, 0.29) is 6.79 Å². The van der Waals surface area contributed by atoms with E-state index in [4.69, 9.17) is 9.47 Å². The van der Waals surface area contributed by atoms with E-state index in [9.17, 15) is 9.90 Å². The molecule has 1 saturated carbocycles. The van der Waals surface area contributed by atoms with E-state index in [1.54, 1.807) is 30.1 Å². The lowest BCUT2D eigenvalue weighted by Gasteiger charge is -2.24. The highest BCUT2D eigenvalue weighted by atomic mass is 16.7. The van der Waals surface area contributed by atoms with Gasteiger partial charge in [-0.3, -0.25) is 14.8 Å². The van der Waals surface area contributed by atoms with Gasteiger partial charge < -0.3 is 14.6 Å². The number of hydrogen-bond acceptors (Lipinski definition) is 5. The first kappa shape index (κ1) is 15.0. The van der Waals surface area contributed by atoms with Crippen molar-refractivity contribution in [2.24, 2.45) is 0 Å².